The van der Waals surface area contributed by atoms with Crippen LogP contribution >= 0.6 is 0 Å². The van der Waals surface area contributed by atoms with Crippen LogP contribution in [0, 0.1) is 5.92 Å². The van der Waals surface area contributed by atoms with Crippen LogP contribution in [0.2, 0.25) is 0 Å². The first-order valence-electron chi connectivity index (χ1n) is 16.1. The van der Waals surface area contributed by atoms with Crippen LogP contribution in [0.3, 0.4) is 0 Å². The third-order valence-corrected chi connectivity index (χ3v) is 10.2. The maximum atomic E-state index is 6.94. The smallest absolute Gasteiger partial charge is 0.132 e. The lowest BCUT2D eigenvalue weighted by Gasteiger charge is -2.48. The Labute approximate surface area is 259 Å². The van der Waals surface area contributed by atoms with Crippen molar-refractivity contribution in [2.75, 3.05) is 0 Å². The summed E-state index contributed by atoms with van der Waals surface area (Å²) in [5.41, 5.74) is 9.65. The summed E-state index contributed by atoms with van der Waals surface area (Å²) >= 11 is 0. The van der Waals surface area contributed by atoms with Crippen LogP contribution in [-0.4, -0.2) is 6.04 Å². The van der Waals surface area contributed by atoms with Gasteiger partial charge in [0.05, 0.1) is 11.5 Å². The summed E-state index contributed by atoms with van der Waals surface area (Å²) in [6, 6.07) is 26.4. The molecule has 1 N–H and O–H groups in total. The second-order valence-corrected chi connectivity index (χ2v) is 12.6. The SMILES string of the molecule is C1=CC2=C(CC1)OC1=C(C=CC(C3=CCCC(C4CC=CN4)=C3)C1)C21c2ccccc2Oc2cc(-c3ccccc3)ccc21. The molecule has 1 spiro atoms. The van der Waals surface area contributed by atoms with Gasteiger partial charge in [0.15, 0.2) is 0 Å². The van der Waals surface area contributed by atoms with Crippen molar-refractivity contribution in [3.8, 4) is 22.6 Å². The van der Waals surface area contributed by atoms with Crippen molar-refractivity contribution in [3.05, 3.63) is 166 Å². The monoisotopic (exact) mass is 573 g/mol. The lowest BCUT2D eigenvalue weighted by molar-refractivity contribution is 0.237. The molecule has 6 aliphatic rings. The van der Waals surface area contributed by atoms with Crippen LogP contribution < -0.4 is 10.1 Å². The number of benzene rings is 3. The fourth-order valence-corrected chi connectivity index (χ4v) is 8.15. The van der Waals surface area contributed by atoms with Gasteiger partial charge in [0.25, 0.3) is 0 Å². The first-order valence-corrected chi connectivity index (χ1v) is 16.1. The van der Waals surface area contributed by atoms with E-state index in [2.05, 4.69) is 127 Å². The van der Waals surface area contributed by atoms with Crippen molar-refractivity contribution >= 4 is 0 Å². The zero-order chi connectivity index (χ0) is 29.1. The second kappa shape index (κ2) is 10.2. The summed E-state index contributed by atoms with van der Waals surface area (Å²) in [7, 11) is 0. The van der Waals surface area contributed by atoms with E-state index in [1.807, 2.05) is 0 Å². The van der Waals surface area contributed by atoms with Crippen LogP contribution in [0.25, 0.3) is 11.1 Å². The topological polar surface area (TPSA) is 30.5 Å². The van der Waals surface area contributed by atoms with Gasteiger partial charge in [-0.1, -0.05) is 103 Å². The molecule has 3 heteroatoms. The predicted octanol–water partition coefficient (Wildman–Crippen LogP) is 9.73. The fraction of sp³-hybridized carbons (Fsp3) is 0.220. The van der Waals surface area contributed by atoms with Gasteiger partial charge in [-0.2, -0.15) is 0 Å². The van der Waals surface area contributed by atoms with E-state index in [1.54, 1.807) is 0 Å². The van der Waals surface area contributed by atoms with E-state index in [1.165, 1.54) is 39.0 Å². The Kier molecular flexibility index (Phi) is 5.94. The number of hydrogen-bond donors (Lipinski definition) is 1. The molecule has 0 aromatic heterocycles. The number of nitrogens with one attached hydrogen (secondary N) is 1. The quantitative estimate of drug-likeness (QED) is 0.338. The molecule has 0 amide bonds. The summed E-state index contributed by atoms with van der Waals surface area (Å²) in [5, 5.41) is 3.55. The van der Waals surface area contributed by atoms with Crippen molar-refractivity contribution < 1.29 is 9.47 Å². The first kappa shape index (κ1) is 25.7. The normalized spacial score (nSPS) is 26.1. The molecule has 0 saturated carbocycles. The molecule has 3 nitrogen and oxygen atoms in total. The molecule has 3 aromatic carbocycles. The van der Waals surface area contributed by atoms with Gasteiger partial charge in [0.2, 0.25) is 0 Å². The minimum Gasteiger partial charge on any atom is -0.465 e. The van der Waals surface area contributed by atoms with E-state index in [0.29, 0.717) is 12.0 Å². The molecule has 3 heterocycles. The summed E-state index contributed by atoms with van der Waals surface area (Å²) in [5.74, 6) is 4.33. The maximum Gasteiger partial charge on any atom is 0.132 e. The van der Waals surface area contributed by atoms with Crippen LogP contribution in [0.4, 0.5) is 0 Å². The van der Waals surface area contributed by atoms with Crippen molar-refractivity contribution in [2.24, 2.45) is 5.92 Å². The number of ether oxygens (including phenoxy) is 2. The Morgan fingerprint density at radius 3 is 2.50 bits per heavy atom. The van der Waals surface area contributed by atoms with Crippen LogP contribution in [0.5, 0.6) is 11.5 Å². The molecule has 0 bridgehead atoms. The van der Waals surface area contributed by atoms with Gasteiger partial charge in [-0.25, -0.2) is 0 Å². The predicted molar refractivity (Wildman–Crippen MR) is 176 cm³/mol. The largest absolute Gasteiger partial charge is 0.465 e. The molecule has 216 valence electrons. The molecule has 3 aliphatic heterocycles. The van der Waals surface area contributed by atoms with Crippen LogP contribution in [-0.2, 0) is 10.2 Å². The van der Waals surface area contributed by atoms with Crippen LogP contribution in [0.1, 0.15) is 49.7 Å². The van der Waals surface area contributed by atoms with Crippen molar-refractivity contribution in [1.29, 1.82) is 0 Å². The molecule has 9 rings (SSSR count). The molecule has 3 atom stereocenters. The van der Waals surface area contributed by atoms with E-state index in [0.717, 1.165) is 67.1 Å². The zero-order valence-electron chi connectivity index (χ0n) is 24.8. The third kappa shape index (κ3) is 3.88. The molecule has 3 aromatic rings. The lowest BCUT2D eigenvalue weighted by Crippen LogP contribution is -2.40. The Morgan fingerprint density at radius 2 is 1.59 bits per heavy atom. The van der Waals surface area contributed by atoms with Gasteiger partial charge in [-0.3, -0.25) is 0 Å². The lowest BCUT2D eigenvalue weighted by atomic mass is 9.59. The number of fused-ring (bicyclic) bond motifs is 6. The van der Waals surface area contributed by atoms with E-state index in [4.69, 9.17) is 9.47 Å². The summed E-state index contributed by atoms with van der Waals surface area (Å²) in [6.07, 6.45) is 24.8. The second-order valence-electron chi connectivity index (χ2n) is 12.6. The Morgan fingerprint density at radius 1 is 0.727 bits per heavy atom. The van der Waals surface area contributed by atoms with Crippen molar-refractivity contribution in [1.82, 2.24) is 5.32 Å². The highest BCUT2D eigenvalue weighted by Crippen LogP contribution is 2.61. The van der Waals surface area contributed by atoms with E-state index in [9.17, 15) is 0 Å². The first-order chi connectivity index (χ1) is 21.8. The Balaban J connectivity index is 1.20. The molecule has 44 heavy (non-hydrogen) atoms. The Bertz CT molecular complexity index is 1890. The molecular weight excluding hydrogens is 538 g/mol. The molecule has 0 fully saturated rings. The number of para-hydroxylation sites is 1. The highest BCUT2D eigenvalue weighted by atomic mass is 16.5. The molecule has 0 saturated heterocycles. The van der Waals surface area contributed by atoms with Gasteiger partial charge < -0.3 is 14.8 Å². The molecule has 3 aliphatic carbocycles. The summed E-state index contributed by atoms with van der Waals surface area (Å²) < 4.78 is 13.7. The average molecular weight is 574 g/mol. The number of allylic oxidation sites excluding steroid dienone is 11. The molecule has 0 radical (unpaired) electrons. The average Bonchev–Trinajstić information content (AvgIpc) is 3.64. The van der Waals surface area contributed by atoms with Gasteiger partial charge in [-0.05, 0) is 66.3 Å². The summed E-state index contributed by atoms with van der Waals surface area (Å²) in [6.45, 7) is 0. The minimum absolute atomic E-state index is 0.298. The summed E-state index contributed by atoms with van der Waals surface area (Å²) in [4.78, 5) is 0. The highest BCUT2D eigenvalue weighted by molar-refractivity contribution is 5.76. The number of rotatable bonds is 3. The van der Waals surface area contributed by atoms with Gasteiger partial charge in [0, 0.05) is 41.0 Å². The van der Waals surface area contributed by atoms with Gasteiger partial charge in [-0.15, -0.1) is 0 Å². The van der Waals surface area contributed by atoms with E-state index in [-0.39, 0.29) is 0 Å². The zero-order valence-corrected chi connectivity index (χ0v) is 24.8. The van der Waals surface area contributed by atoms with Crippen molar-refractivity contribution in [2.45, 2.75) is 50.0 Å². The maximum absolute atomic E-state index is 6.94. The molecular formula is C41H35NO2. The number of hydrogen-bond acceptors (Lipinski definition) is 3. The standard InChI is InChI=1S/C41H35NO2/c1-2-10-27(11-3-1)29-19-21-34-39(25-29)43-37-17-6-4-14-32(37)41(34)33-15-5-7-18-38(33)44-40-26-30(20-22-35(40)41)28-12-8-13-31(24-28)36-16-9-23-42-36/h1-6,9-12,14-15,17,19-25,30,36,42H,7-8,13,16,18,26H2. The highest BCUT2D eigenvalue weighted by Gasteiger charge is 2.52. The van der Waals surface area contributed by atoms with Crippen LogP contribution in [0.15, 0.2) is 155 Å². The van der Waals surface area contributed by atoms with Gasteiger partial charge >= 0.3 is 0 Å². The Hall–Kier alpha value is -4.76. The minimum atomic E-state index is -0.498. The van der Waals surface area contributed by atoms with E-state index >= 15 is 0 Å². The van der Waals surface area contributed by atoms with Crippen molar-refractivity contribution in [3.63, 3.8) is 0 Å². The molecule has 3 unspecified atom stereocenters. The fourth-order valence-electron chi connectivity index (χ4n) is 8.15. The third-order valence-electron chi connectivity index (χ3n) is 10.2. The van der Waals surface area contributed by atoms with E-state index < -0.39 is 5.41 Å². The van der Waals surface area contributed by atoms with Gasteiger partial charge in [0.1, 0.15) is 23.0 Å².